The number of rotatable bonds is 8. The highest BCUT2D eigenvalue weighted by molar-refractivity contribution is 5.91. The van der Waals surface area contributed by atoms with Crippen molar-refractivity contribution in [1.82, 2.24) is 20.5 Å². The fourth-order valence-electron chi connectivity index (χ4n) is 2.06. The molecule has 0 fully saturated rings. The van der Waals surface area contributed by atoms with Gasteiger partial charge in [0.1, 0.15) is 11.6 Å². The number of aromatic nitrogens is 3. The van der Waals surface area contributed by atoms with Gasteiger partial charge in [-0.2, -0.15) is 0 Å². The van der Waals surface area contributed by atoms with Gasteiger partial charge in [0.15, 0.2) is 5.82 Å². The van der Waals surface area contributed by atoms with E-state index in [1.807, 2.05) is 24.3 Å². The van der Waals surface area contributed by atoms with E-state index in [0.717, 1.165) is 5.69 Å². The molecule has 0 unspecified atom stereocenters. The van der Waals surface area contributed by atoms with E-state index < -0.39 is 0 Å². The van der Waals surface area contributed by atoms with Crippen molar-refractivity contribution in [2.45, 2.75) is 0 Å². The van der Waals surface area contributed by atoms with Gasteiger partial charge in [0.05, 0.1) is 6.26 Å². The van der Waals surface area contributed by atoms with Gasteiger partial charge in [0.25, 0.3) is 0 Å². The second kappa shape index (κ2) is 8.97. The maximum absolute atomic E-state index is 11.7. The Morgan fingerprint density at radius 3 is 2.58 bits per heavy atom. The van der Waals surface area contributed by atoms with E-state index in [1.165, 1.54) is 6.08 Å². The van der Waals surface area contributed by atoms with Crippen LogP contribution in [0.1, 0.15) is 5.76 Å². The van der Waals surface area contributed by atoms with Gasteiger partial charge >= 0.3 is 0 Å². The molecule has 0 bridgehead atoms. The van der Waals surface area contributed by atoms with Crippen molar-refractivity contribution in [2.24, 2.45) is 0 Å². The Bertz CT molecular complexity index is 832. The molecule has 132 valence electrons. The zero-order valence-electron chi connectivity index (χ0n) is 13.9. The number of nitrogens with one attached hydrogen (secondary N) is 3. The SMILES string of the molecule is O=C(/C=C/c1ccco1)NCCNc1ccc(Nc2ccncc2)nn1. The summed E-state index contributed by atoms with van der Waals surface area (Å²) in [6.45, 7) is 0.992. The summed E-state index contributed by atoms with van der Waals surface area (Å²) in [7, 11) is 0. The lowest BCUT2D eigenvalue weighted by Gasteiger charge is -2.07. The monoisotopic (exact) mass is 350 g/mol. The van der Waals surface area contributed by atoms with E-state index in [9.17, 15) is 4.79 Å². The summed E-state index contributed by atoms with van der Waals surface area (Å²) < 4.78 is 5.11. The number of pyridine rings is 1. The Morgan fingerprint density at radius 1 is 1.04 bits per heavy atom. The Kier molecular flexibility index (Phi) is 5.92. The molecule has 0 aliphatic heterocycles. The zero-order valence-corrected chi connectivity index (χ0v) is 13.9. The Balaban J connectivity index is 1.37. The largest absolute Gasteiger partial charge is 0.465 e. The van der Waals surface area contributed by atoms with E-state index >= 15 is 0 Å². The van der Waals surface area contributed by atoms with Crippen LogP contribution in [-0.4, -0.2) is 34.2 Å². The van der Waals surface area contributed by atoms with Crippen molar-refractivity contribution < 1.29 is 9.21 Å². The van der Waals surface area contributed by atoms with Gasteiger partial charge in [-0.3, -0.25) is 9.78 Å². The number of hydrogen-bond acceptors (Lipinski definition) is 7. The van der Waals surface area contributed by atoms with E-state index in [2.05, 4.69) is 31.1 Å². The second-order valence-electron chi connectivity index (χ2n) is 5.23. The number of carbonyl (C=O) groups is 1. The van der Waals surface area contributed by atoms with Crippen molar-refractivity contribution in [3.8, 4) is 0 Å². The first-order valence-electron chi connectivity index (χ1n) is 8.04. The molecule has 1 amide bonds. The van der Waals surface area contributed by atoms with Gasteiger partial charge in [0.2, 0.25) is 5.91 Å². The molecule has 26 heavy (non-hydrogen) atoms. The molecule has 0 saturated heterocycles. The average Bonchev–Trinajstić information content (AvgIpc) is 3.19. The second-order valence-corrected chi connectivity index (χ2v) is 5.23. The molecule has 3 aromatic heterocycles. The lowest BCUT2D eigenvalue weighted by Crippen LogP contribution is -2.27. The van der Waals surface area contributed by atoms with Crippen LogP contribution in [0.2, 0.25) is 0 Å². The summed E-state index contributed by atoms with van der Waals surface area (Å²) in [4.78, 5) is 15.6. The quantitative estimate of drug-likeness (QED) is 0.423. The van der Waals surface area contributed by atoms with Crippen LogP contribution in [-0.2, 0) is 4.79 Å². The molecule has 3 rings (SSSR count). The topological polar surface area (TPSA) is 105 Å². The summed E-state index contributed by atoms with van der Waals surface area (Å²) in [6.07, 6.45) is 7.99. The Labute approximate surface area is 150 Å². The molecular formula is C18H18N6O2. The van der Waals surface area contributed by atoms with E-state index in [1.54, 1.807) is 36.9 Å². The maximum atomic E-state index is 11.7. The highest BCUT2D eigenvalue weighted by Gasteiger charge is 1.99. The molecule has 3 aromatic rings. The van der Waals surface area contributed by atoms with Crippen molar-refractivity contribution in [3.05, 3.63) is 66.9 Å². The maximum Gasteiger partial charge on any atom is 0.244 e. The van der Waals surface area contributed by atoms with Gasteiger partial charge in [-0.1, -0.05) is 0 Å². The number of anilines is 3. The van der Waals surface area contributed by atoms with Gasteiger partial charge < -0.3 is 20.4 Å². The molecule has 0 saturated carbocycles. The number of carbonyl (C=O) groups excluding carboxylic acids is 1. The van der Waals surface area contributed by atoms with Crippen LogP contribution in [0, 0.1) is 0 Å². The Morgan fingerprint density at radius 2 is 1.85 bits per heavy atom. The molecule has 0 aromatic carbocycles. The third-order valence-corrected chi connectivity index (χ3v) is 3.29. The van der Waals surface area contributed by atoms with E-state index in [-0.39, 0.29) is 5.91 Å². The fourth-order valence-corrected chi connectivity index (χ4v) is 2.06. The van der Waals surface area contributed by atoms with Crippen LogP contribution in [0.25, 0.3) is 6.08 Å². The van der Waals surface area contributed by atoms with Crippen LogP contribution in [0.3, 0.4) is 0 Å². The van der Waals surface area contributed by atoms with Gasteiger partial charge in [-0.25, -0.2) is 0 Å². The summed E-state index contributed by atoms with van der Waals surface area (Å²) in [6, 6.07) is 10.9. The first-order valence-corrected chi connectivity index (χ1v) is 8.04. The summed E-state index contributed by atoms with van der Waals surface area (Å²) >= 11 is 0. The van der Waals surface area contributed by atoms with Crippen LogP contribution < -0.4 is 16.0 Å². The summed E-state index contributed by atoms with van der Waals surface area (Å²) in [5.74, 6) is 1.71. The van der Waals surface area contributed by atoms with Crippen LogP contribution in [0.5, 0.6) is 0 Å². The van der Waals surface area contributed by atoms with E-state index in [4.69, 9.17) is 4.42 Å². The number of nitrogens with zero attached hydrogens (tertiary/aromatic N) is 3. The van der Waals surface area contributed by atoms with Crippen molar-refractivity contribution in [1.29, 1.82) is 0 Å². The third-order valence-electron chi connectivity index (χ3n) is 3.29. The molecular weight excluding hydrogens is 332 g/mol. The van der Waals surface area contributed by atoms with Crippen LogP contribution in [0.4, 0.5) is 17.3 Å². The predicted molar refractivity (Wildman–Crippen MR) is 98.8 cm³/mol. The lowest BCUT2D eigenvalue weighted by atomic mass is 10.4. The number of hydrogen-bond donors (Lipinski definition) is 3. The highest BCUT2D eigenvalue weighted by Crippen LogP contribution is 2.13. The first-order chi connectivity index (χ1) is 12.8. The standard InChI is InChI=1S/C18H18N6O2/c25-18(6-3-15-2-1-13-26-15)21-12-11-20-16-4-5-17(24-23-16)22-14-7-9-19-10-8-14/h1-10,13H,11-12H2,(H,20,23)(H,21,25)(H,19,22,24)/b6-3+. The molecule has 0 radical (unpaired) electrons. The first kappa shape index (κ1) is 17.2. The third kappa shape index (κ3) is 5.45. The summed E-state index contributed by atoms with van der Waals surface area (Å²) in [5, 5.41) is 17.2. The lowest BCUT2D eigenvalue weighted by molar-refractivity contribution is -0.116. The molecule has 3 heterocycles. The minimum atomic E-state index is -0.189. The predicted octanol–water partition coefficient (Wildman–Crippen LogP) is 2.45. The average molecular weight is 350 g/mol. The van der Waals surface area contributed by atoms with Crippen molar-refractivity contribution in [3.63, 3.8) is 0 Å². The smallest absolute Gasteiger partial charge is 0.244 e. The molecule has 0 aliphatic carbocycles. The van der Waals surface area contributed by atoms with Crippen LogP contribution in [0.15, 0.2) is 65.5 Å². The number of furan rings is 1. The fraction of sp³-hybridized carbons (Fsp3) is 0.111. The van der Waals surface area contributed by atoms with Gasteiger partial charge in [0, 0.05) is 37.2 Å². The van der Waals surface area contributed by atoms with Gasteiger partial charge in [-0.05, 0) is 42.5 Å². The minimum Gasteiger partial charge on any atom is -0.465 e. The van der Waals surface area contributed by atoms with Gasteiger partial charge in [-0.15, -0.1) is 10.2 Å². The summed E-state index contributed by atoms with van der Waals surface area (Å²) in [5.41, 5.74) is 0.889. The highest BCUT2D eigenvalue weighted by atomic mass is 16.3. The molecule has 0 aliphatic rings. The molecule has 3 N–H and O–H groups in total. The zero-order chi connectivity index (χ0) is 18.0. The molecule has 8 heteroatoms. The van der Waals surface area contributed by atoms with Crippen molar-refractivity contribution in [2.75, 3.05) is 23.7 Å². The normalized spacial score (nSPS) is 10.6. The van der Waals surface area contributed by atoms with Crippen molar-refractivity contribution >= 4 is 29.3 Å². The Hall–Kier alpha value is -3.68. The number of amides is 1. The minimum absolute atomic E-state index is 0.189. The molecule has 8 nitrogen and oxygen atoms in total. The van der Waals surface area contributed by atoms with Crippen LogP contribution >= 0.6 is 0 Å². The molecule has 0 spiro atoms. The molecule has 0 atom stereocenters. The van der Waals surface area contributed by atoms with E-state index in [0.29, 0.717) is 30.5 Å².